The lowest BCUT2D eigenvalue weighted by Crippen LogP contribution is -2.21. The molecule has 0 aliphatic heterocycles. The fourth-order valence-corrected chi connectivity index (χ4v) is 2.88. The Morgan fingerprint density at radius 3 is 2.56 bits per heavy atom. The lowest BCUT2D eigenvalue weighted by molar-refractivity contribution is -0.384. The molecule has 0 bridgehead atoms. The summed E-state index contributed by atoms with van der Waals surface area (Å²) < 4.78 is 46.9. The van der Waals surface area contributed by atoms with Crippen molar-refractivity contribution in [3.63, 3.8) is 0 Å². The van der Waals surface area contributed by atoms with Crippen LogP contribution in [0.1, 0.15) is 6.92 Å². The van der Waals surface area contributed by atoms with Crippen LogP contribution in [0.4, 0.5) is 36.3 Å². The van der Waals surface area contributed by atoms with Gasteiger partial charge in [0.1, 0.15) is 23.0 Å². The highest BCUT2D eigenvalue weighted by molar-refractivity contribution is 5.73. The summed E-state index contributed by atoms with van der Waals surface area (Å²) in [7, 11) is 1.37. The fraction of sp³-hybridized carbons (Fsp3) is 0.238. The Labute approximate surface area is 191 Å². The van der Waals surface area contributed by atoms with Gasteiger partial charge in [0.05, 0.1) is 30.4 Å². The van der Waals surface area contributed by atoms with E-state index in [0.717, 1.165) is 12.1 Å². The zero-order chi connectivity index (χ0) is 24.9. The van der Waals surface area contributed by atoms with E-state index in [1.807, 2.05) is 0 Å². The van der Waals surface area contributed by atoms with Gasteiger partial charge in [-0.2, -0.15) is 4.98 Å². The second-order valence-corrected chi connectivity index (χ2v) is 7.03. The summed E-state index contributed by atoms with van der Waals surface area (Å²) in [4.78, 5) is 19.5. The molecule has 0 unspecified atom stereocenters. The molecule has 0 aliphatic rings. The number of alkyl halides is 3. The number of nitro benzene ring substituents is 1. The van der Waals surface area contributed by atoms with Crippen LogP contribution in [0.2, 0.25) is 0 Å². The number of halogens is 3. The summed E-state index contributed by atoms with van der Waals surface area (Å²) >= 11 is 0. The smallest absolute Gasteiger partial charge is 0.496 e. The Morgan fingerprint density at radius 2 is 1.91 bits per heavy atom. The summed E-state index contributed by atoms with van der Waals surface area (Å²) in [5, 5.41) is 26.5. The van der Waals surface area contributed by atoms with Crippen molar-refractivity contribution >= 4 is 23.1 Å². The Bertz CT molecular complexity index is 1180. The lowest BCUT2D eigenvalue weighted by atomic mass is 10.1. The van der Waals surface area contributed by atoms with Crippen LogP contribution in [0.3, 0.4) is 0 Å². The molecule has 3 N–H and O–H groups in total. The predicted molar refractivity (Wildman–Crippen MR) is 117 cm³/mol. The van der Waals surface area contributed by atoms with E-state index in [0.29, 0.717) is 0 Å². The number of rotatable bonds is 9. The van der Waals surface area contributed by atoms with Gasteiger partial charge in [0.25, 0.3) is 5.69 Å². The Morgan fingerprint density at radius 1 is 1.15 bits per heavy atom. The molecule has 1 heterocycles. The zero-order valence-electron chi connectivity index (χ0n) is 18.0. The largest absolute Gasteiger partial charge is 0.573 e. The molecule has 0 spiro atoms. The molecule has 34 heavy (non-hydrogen) atoms. The van der Waals surface area contributed by atoms with Gasteiger partial charge in [0.2, 0.25) is 5.95 Å². The number of aliphatic hydroxyl groups is 1. The molecule has 0 fully saturated rings. The van der Waals surface area contributed by atoms with Gasteiger partial charge >= 0.3 is 6.36 Å². The standard InChI is InChI=1S/C21H20F3N5O5/c1-12(11-30)25-20-27-17(13-4-3-5-15(8-13)34-21(22,23)24)10-19(28-20)26-16-7-6-14(33-2)9-18(16)29(31)32/h3-10,12,30H,11H2,1-2H3,(H2,25,26,27,28)/t12-/m1/s1. The highest BCUT2D eigenvalue weighted by Gasteiger charge is 2.31. The molecule has 0 saturated heterocycles. The molecule has 3 aromatic rings. The number of hydrogen-bond acceptors (Lipinski definition) is 9. The molecule has 0 aliphatic carbocycles. The minimum Gasteiger partial charge on any atom is -0.496 e. The molecule has 2 aromatic carbocycles. The molecular formula is C21H20F3N5O5. The highest BCUT2D eigenvalue weighted by Crippen LogP contribution is 2.33. The molecule has 1 atom stereocenters. The second kappa shape index (κ2) is 10.2. The van der Waals surface area contributed by atoms with Crippen molar-refractivity contribution in [2.75, 3.05) is 24.4 Å². The van der Waals surface area contributed by atoms with Gasteiger partial charge in [-0.15, -0.1) is 13.2 Å². The first-order valence-electron chi connectivity index (χ1n) is 9.80. The van der Waals surface area contributed by atoms with E-state index in [-0.39, 0.29) is 46.8 Å². The maximum absolute atomic E-state index is 12.6. The topological polar surface area (TPSA) is 132 Å². The van der Waals surface area contributed by atoms with E-state index in [9.17, 15) is 28.4 Å². The molecule has 13 heteroatoms. The first-order valence-corrected chi connectivity index (χ1v) is 9.80. The third-order valence-electron chi connectivity index (χ3n) is 4.40. The molecule has 1 aromatic heterocycles. The monoisotopic (exact) mass is 479 g/mol. The average molecular weight is 479 g/mol. The van der Waals surface area contributed by atoms with E-state index < -0.39 is 23.1 Å². The lowest BCUT2D eigenvalue weighted by Gasteiger charge is -2.15. The molecular weight excluding hydrogens is 459 g/mol. The summed E-state index contributed by atoms with van der Waals surface area (Å²) in [6.07, 6.45) is -4.87. The van der Waals surface area contributed by atoms with Crippen molar-refractivity contribution in [3.05, 3.63) is 58.6 Å². The molecule has 180 valence electrons. The van der Waals surface area contributed by atoms with Crippen molar-refractivity contribution in [3.8, 4) is 22.8 Å². The predicted octanol–water partition coefficient (Wildman–Crippen LogP) is 4.50. The molecule has 0 saturated carbocycles. The number of aliphatic hydroxyl groups excluding tert-OH is 1. The van der Waals surface area contributed by atoms with E-state index in [1.54, 1.807) is 6.92 Å². The summed E-state index contributed by atoms with van der Waals surface area (Å²) in [5.41, 5.74) is 0.300. The van der Waals surface area contributed by atoms with Crippen LogP contribution in [0.25, 0.3) is 11.3 Å². The van der Waals surface area contributed by atoms with Crippen LogP contribution >= 0.6 is 0 Å². The van der Waals surface area contributed by atoms with Gasteiger partial charge in [-0.1, -0.05) is 12.1 Å². The van der Waals surface area contributed by atoms with Gasteiger partial charge in [-0.3, -0.25) is 10.1 Å². The first kappa shape index (κ1) is 24.5. The van der Waals surface area contributed by atoms with Crippen LogP contribution in [-0.2, 0) is 0 Å². The number of nitrogens with zero attached hydrogens (tertiary/aromatic N) is 3. The van der Waals surface area contributed by atoms with Crippen LogP contribution in [-0.4, -0.2) is 46.1 Å². The SMILES string of the molecule is COc1ccc(Nc2cc(-c3cccc(OC(F)(F)F)c3)nc(N[C@H](C)CO)n2)c([N+](=O)[O-])c1. The van der Waals surface area contributed by atoms with Crippen LogP contribution < -0.4 is 20.1 Å². The third kappa shape index (κ3) is 6.45. The molecule has 0 radical (unpaired) electrons. The van der Waals surface area contributed by atoms with E-state index >= 15 is 0 Å². The number of nitrogens with one attached hydrogen (secondary N) is 2. The second-order valence-electron chi connectivity index (χ2n) is 7.03. The van der Waals surface area contributed by atoms with Gasteiger partial charge in [-0.25, -0.2) is 4.98 Å². The van der Waals surface area contributed by atoms with Crippen molar-refractivity contribution < 1.29 is 32.7 Å². The van der Waals surface area contributed by atoms with Crippen molar-refractivity contribution in [1.82, 2.24) is 9.97 Å². The van der Waals surface area contributed by atoms with E-state index in [4.69, 9.17) is 4.74 Å². The van der Waals surface area contributed by atoms with Gasteiger partial charge < -0.3 is 25.2 Å². The maximum atomic E-state index is 12.6. The summed E-state index contributed by atoms with van der Waals surface area (Å²) in [6, 6.07) is 10.3. The molecule has 10 nitrogen and oxygen atoms in total. The van der Waals surface area contributed by atoms with E-state index in [1.165, 1.54) is 43.5 Å². The van der Waals surface area contributed by atoms with E-state index in [2.05, 4.69) is 25.3 Å². The van der Waals surface area contributed by atoms with Crippen LogP contribution in [0, 0.1) is 10.1 Å². The molecule has 3 rings (SSSR count). The highest BCUT2D eigenvalue weighted by atomic mass is 19.4. The minimum atomic E-state index is -4.87. The zero-order valence-corrected chi connectivity index (χ0v) is 18.0. The number of methoxy groups -OCH3 is 1. The Hall–Kier alpha value is -4.13. The Balaban J connectivity index is 2.04. The van der Waals surface area contributed by atoms with Crippen molar-refractivity contribution in [2.24, 2.45) is 0 Å². The number of benzene rings is 2. The van der Waals surface area contributed by atoms with Crippen molar-refractivity contribution in [1.29, 1.82) is 0 Å². The normalized spacial score (nSPS) is 12.1. The van der Waals surface area contributed by atoms with Gasteiger partial charge in [0, 0.05) is 17.7 Å². The summed E-state index contributed by atoms with van der Waals surface area (Å²) in [6.45, 7) is 1.42. The van der Waals surface area contributed by atoms with Crippen molar-refractivity contribution in [2.45, 2.75) is 19.3 Å². The maximum Gasteiger partial charge on any atom is 0.573 e. The van der Waals surface area contributed by atoms with Gasteiger partial charge in [0.15, 0.2) is 0 Å². The first-order chi connectivity index (χ1) is 16.1. The minimum absolute atomic E-state index is 0.0415. The fourth-order valence-electron chi connectivity index (χ4n) is 2.88. The number of hydrogen-bond donors (Lipinski definition) is 3. The average Bonchev–Trinajstić information content (AvgIpc) is 2.78. The van der Waals surface area contributed by atoms with Crippen LogP contribution in [0.15, 0.2) is 48.5 Å². The number of anilines is 3. The number of aromatic nitrogens is 2. The molecule has 0 amide bonds. The quantitative estimate of drug-likeness (QED) is 0.300. The number of nitro groups is 1. The number of ether oxygens (including phenoxy) is 2. The Kier molecular flexibility index (Phi) is 7.36. The van der Waals surface area contributed by atoms with Gasteiger partial charge in [-0.05, 0) is 31.2 Å². The van der Waals surface area contributed by atoms with Crippen LogP contribution in [0.5, 0.6) is 11.5 Å². The third-order valence-corrected chi connectivity index (χ3v) is 4.40. The summed E-state index contributed by atoms with van der Waals surface area (Å²) in [5.74, 6) is -0.00344.